The van der Waals surface area contributed by atoms with Gasteiger partial charge in [0.1, 0.15) is 5.69 Å². The molecular weight excluding hydrogens is 387 g/mol. The summed E-state index contributed by atoms with van der Waals surface area (Å²) in [5.41, 5.74) is 1.96. The van der Waals surface area contributed by atoms with Crippen molar-refractivity contribution < 1.29 is 4.39 Å². The van der Waals surface area contributed by atoms with Crippen molar-refractivity contribution in [2.45, 2.75) is 25.8 Å². The summed E-state index contributed by atoms with van der Waals surface area (Å²) < 4.78 is 18.1. The number of aryl methyl sites for hydroxylation is 1. The van der Waals surface area contributed by atoms with Crippen LogP contribution in [0.3, 0.4) is 0 Å². The Hall–Kier alpha value is -2.09. The number of aromatic nitrogens is 6. The van der Waals surface area contributed by atoms with E-state index in [1.165, 1.54) is 11.1 Å². The van der Waals surface area contributed by atoms with Gasteiger partial charge in [0, 0.05) is 29.5 Å². The molecule has 3 unspecified atom stereocenters. The van der Waals surface area contributed by atoms with Crippen LogP contribution in [0.15, 0.2) is 35.2 Å². The summed E-state index contributed by atoms with van der Waals surface area (Å²) >= 11 is 3.43. The Morgan fingerprint density at radius 2 is 2.16 bits per heavy atom. The van der Waals surface area contributed by atoms with Crippen molar-refractivity contribution in [1.29, 1.82) is 0 Å². The van der Waals surface area contributed by atoms with Gasteiger partial charge >= 0.3 is 0 Å². The molecule has 3 heterocycles. The zero-order valence-corrected chi connectivity index (χ0v) is 15.6. The molecule has 130 valence electrons. The molecule has 0 N–H and O–H groups in total. The molecule has 0 aromatic carbocycles. The number of hydrogen-bond donors (Lipinski definition) is 0. The van der Waals surface area contributed by atoms with E-state index >= 15 is 0 Å². The van der Waals surface area contributed by atoms with Gasteiger partial charge in [-0.3, -0.25) is 9.67 Å². The van der Waals surface area contributed by atoms with Crippen LogP contribution in [-0.4, -0.2) is 29.8 Å². The Bertz CT molecular complexity index is 867. The zero-order chi connectivity index (χ0) is 17.6. The molecule has 4 rings (SSSR count). The third-order valence-electron chi connectivity index (χ3n) is 4.87. The van der Waals surface area contributed by atoms with E-state index in [1.807, 2.05) is 23.0 Å². The second kappa shape index (κ2) is 6.33. The van der Waals surface area contributed by atoms with Crippen molar-refractivity contribution in [3.05, 3.63) is 46.8 Å². The largest absolute Gasteiger partial charge is 0.263 e. The van der Waals surface area contributed by atoms with Crippen molar-refractivity contribution in [2.24, 2.45) is 18.9 Å². The Kier molecular flexibility index (Phi) is 4.15. The fraction of sp³-hybridized carbons (Fsp3) is 0.412. The molecule has 1 aliphatic rings. The van der Waals surface area contributed by atoms with Gasteiger partial charge in [-0.25, -0.2) is 4.68 Å². The van der Waals surface area contributed by atoms with Crippen LogP contribution >= 0.6 is 15.9 Å². The van der Waals surface area contributed by atoms with E-state index in [0.29, 0.717) is 17.2 Å². The van der Waals surface area contributed by atoms with Gasteiger partial charge in [-0.2, -0.15) is 9.49 Å². The smallest absolute Gasteiger partial charge is 0.260 e. The van der Waals surface area contributed by atoms with E-state index in [4.69, 9.17) is 0 Å². The van der Waals surface area contributed by atoms with Gasteiger partial charge in [-0.1, -0.05) is 17.2 Å². The first-order chi connectivity index (χ1) is 12.0. The molecule has 3 aromatic rings. The Labute approximate surface area is 153 Å². The lowest BCUT2D eigenvalue weighted by molar-refractivity contribution is 0.445. The average molecular weight is 405 g/mol. The van der Waals surface area contributed by atoms with Gasteiger partial charge in [-0.15, -0.1) is 0 Å². The molecule has 3 aromatic heterocycles. The van der Waals surface area contributed by atoms with Gasteiger partial charge < -0.3 is 0 Å². The highest BCUT2D eigenvalue weighted by molar-refractivity contribution is 9.10. The van der Waals surface area contributed by atoms with Crippen LogP contribution < -0.4 is 0 Å². The molecule has 6 nitrogen and oxygen atoms in total. The summed E-state index contributed by atoms with van der Waals surface area (Å²) in [5, 5.41) is 11.7. The number of nitrogens with zero attached hydrogens (tertiary/aromatic N) is 6. The molecule has 8 heteroatoms. The van der Waals surface area contributed by atoms with Crippen molar-refractivity contribution in [1.82, 2.24) is 29.8 Å². The minimum atomic E-state index is -0.587. The van der Waals surface area contributed by atoms with Crippen LogP contribution in [0.1, 0.15) is 31.5 Å². The standard InChI is InChI=1S/C17H18BrFN6/c1-10-5-11(10)6-15(14-4-3-13(18)8-20-14)25-9-12(7-21-25)16-17(19)22-23-24(16)2/h3-4,7-11,15H,5-6H2,1-2H3. The molecular formula is C17H18BrFN6. The van der Waals surface area contributed by atoms with Gasteiger partial charge in [0.05, 0.1) is 17.9 Å². The van der Waals surface area contributed by atoms with E-state index < -0.39 is 5.95 Å². The monoisotopic (exact) mass is 404 g/mol. The van der Waals surface area contributed by atoms with E-state index in [-0.39, 0.29) is 6.04 Å². The second-order valence-corrected chi connectivity index (χ2v) is 7.60. The van der Waals surface area contributed by atoms with Gasteiger partial charge in [0.2, 0.25) is 0 Å². The first kappa shape index (κ1) is 16.4. The normalized spacial score (nSPS) is 20.6. The van der Waals surface area contributed by atoms with Crippen LogP contribution in [0.4, 0.5) is 4.39 Å². The van der Waals surface area contributed by atoms with E-state index in [0.717, 1.165) is 22.5 Å². The first-order valence-electron chi connectivity index (χ1n) is 8.24. The van der Waals surface area contributed by atoms with Gasteiger partial charge in [0.25, 0.3) is 5.95 Å². The predicted octanol–water partition coefficient (Wildman–Crippen LogP) is 3.61. The number of halogens is 2. The lowest BCUT2D eigenvalue weighted by Gasteiger charge is -2.17. The fourth-order valence-electron chi connectivity index (χ4n) is 3.23. The quantitative estimate of drug-likeness (QED) is 0.651. The third-order valence-corrected chi connectivity index (χ3v) is 5.34. The topological polar surface area (TPSA) is 61.4 Å². The predicted molar refractivity (Wildman–Crippen MR) is 94.1 cm³/mol. The SMILES string of the molecule is CC1CC1CC(c1ccc(Br)cn1)n1cc(-c2c(F)nnn2C)cn1. The second-order valence-electron chi connectivity index (χ2n) is 6.69. The molecule has 3 atom stereocenters. The van der Waals surface area contributed by atoms with E-state index in [1.54, 1.807) is 19.4 Å². The van der Waals surface area contributed by atoms with Crippen molar-refractivity contribution in [2.75, 3.05) is 0 Å². The summed E-state index contributed by atoms with van der Waals surface area (Å²) in [4.78, 5) is 4.56. The Morgan fingerprint density at radius 3 is 2.76 bits per heavy atom. The first-order valence-corrected chi connectivity index (χ1v) is 9.03. The van der Waals surface area contributed by atoms with E-state index in [9.17, 15) is 4.39 Å². The maximum absolute atomic E-state index is 13.9. The summed E-state index contributed by atoms with van der Waals surface area (Å²) in [6.45, 7) is 2.27. The minimum Gasteiger partial charge on any atom is -0.263 e. The van der Waals surface area contributed by atoms with E-state index in [2.05, 4.69) is 43.2 Å². The molecule has 0 spiro atoms. The van der Waals surface area contributed by atoms with Crippen LogP contribution in [0.25, 0.3) is 11.3 Å². The molecule has 0 saturated heterocycles. The molecule has 0 radical (unpaired) electrons. The highest BCUT2D eigenvalue weighted by Crippen LogP contribution is 2.44. The van der Waals surface area contributed by atoms with Crippen LogP contribution in [0, 0.1) is 17.8 Å². The molecule has 0 aliphatic heterocycles. The van der Waals surface area contributed by atoms with Gasteiger partial charge in [-0.05, 0) is 52.7 Å². The highest BCUT2D eigenvalue weighted by Gasteiger charge is 2.36. The van der Waals surface area contributed by atoms with Crippen molar-refractivity contribution in [3.63, 3.8) is 0 Å². The van der Waals surface area contributed by atoms with Crippen LogP contribution in [0.2, 0.25) is 0 Å². The van der Waals surface area contributed by atoms with Gasteiger partial charge in [0.15, 0.2) is 0 Å². The number of pyridine rings is 1. The summed E-state index contributed by atoms with van der Waals surface area (Å²) in [6, 6.07) is 4.02. The lowest BCUT2D eigenvalue weighted by Crippen LogP contribution is -2.14. The van der Waals surface area contributed by atoms with Crippen molar-refractivity contribution in [3.8, 4) is 11.3 Å². The molecule has 1 aliphatic carbocycles. The van der Waals surface area contributed by atoms with Crippen molar-refractivity contribution >= 4 is 15.9 Å². The van der Waals surface area contributed by atoms with Crippen LogP contribution in [-0.2, 0) is 7.05 Å². The maximum atomic E-state index is 13.9. The Morgan fingerprint density at radius 1 is 1.36 bits per heavy atom. The highest BCUT2D eigenvalue weighted by atomic mass is 79.9. The third kappa shape index (κ3) is 3.22. The molecule has 1 fully saturated rings. The molecule has 1 saturated carbocycles. The summed E-state index contributed by atoms with van der Waals surface area (Å²) in [5.74, 6) is 0.834. The van der Waals surface area contributed by atoms with Crippen LogP contribution in [0.5, 0.6) is 0 Å². The molecule has 25 heavy (non-hydrogen) atoms. The molecule has 0 amide bonds. The number of rotatable bonds is 5. The minimum absolute atomic E-state index is 0.0287. The summed E-state index contributed by atoms with van der Waals surface area (Å²) in [6.07, 6.45) is 7.52. The zero-order valence-electron chi connectivity index (χ0n) is 14.0. The summed E-state index contributed by atoms with van der Waals surface area (Å²) in [7, 11) is 1.67. The lowest BCUT2D eigenvalue weighted by atomic mass is 10.1. The Balaban J connectivity index is 1.69. The average Bonchev–Trinajstić information content (AvgIpc) is 2.95. The maximum Gasteiger partial charge on any atom is 0.260 e. The number of hydrogen-bond acceptors (Lipinski definition) is 4. The fourth-order valence-corrected chi connectivity index (χ4v) is 3.47. The molecule has 0 bridgehead atoms.